The van der Waals surface area contributed by atoms with Crippen LogP contribution in [-0.4, -0.2) is 12.5 Å². The van der Waals surface area contributed by atoms with Crippen molar-refractivity contribution in [2.45, 2.75) is 6.92 Å². The van der Waals surface area contributed by atoms with E-state index in [9.17, 15) is 4.79 Å². The Morgan fingerprint density at radius 2 is 1.90 bits per heavy atom. The van der Waals surface area contributed by atoms with Gasteiger partial charge >= 0.3 is 0 Å². The third-order valence-corrected chi connectivity index (χ3v) is 3.39. The maximum Gasteiger partial charge on any atom is 0.262 e. The number of anilines is 1. The number of halogens is 2. The van der Waals surface area contributed by atoms with Gasteiger partial charge in [0, 0.05) is 5.69 Å². The van der Waals surface area contributed by atoms with Gasteiger partial charge in [-0.2, -0.15) is 0 Å². The van der Waals surface area contributed by atoms with Gasteiger partial charge in [0.25, 0.3) is 5.91 Å². The number of carbonyl (C=O) groups excluding carboxylic acids is 1. The molecule has 2 aromatic rings. The fourth-order valence-electron chi connectivity index (χ4n) is 1.63. The molecule has 20 heavy (non-hydrogen) atoms. The molecule has 0 bridgehead atoms. The number of para-hydroxylation sites is 1. The number of aryl methyl sites for hydroxylation is 1. The van der Waals surface area contributed by atoms with Crippen molar-refractivity contribution in [2.75, 3.05) is 11.9 Å². The Labute approximate surface area is 127 Å². The molecule has 0 unspecified atom stereocenters. The van der Waals surface area contributed by atoms with Crippen LogP contribution in [0.25, 0.3) is 0 Å². The lowest BCUT2D eigenvalue weighted by Crippen LogP contribution is -2.20. The minimum absolute atomic E-state index is 0.0644. The number of ether oxygens (including phenoxy) is 1. The van der Waals surface area contributed by atoms with Crippen LogP contribution in [0.1, 0.15) is 5.56 Å². The summed E-state index contributed by atoms with van der Waals surface area (Å²) >= 11 is 11.7. The molecule has 0 saturated carbocycles. The molecule has 0 heterocycles. The SMILES string of the molecule is Cc1ccccc1OCC(=O)Nc1ccc(Cl)c(Cl)c1. The fraction of sp³-hybridized carbons (Fsp3) is 0.133. The Balaban J connectivity index is 1.93. The van der Waals surface area contributed by atoms with Crippen LogP contribution in [0.2, 0.25) is 10.0 Å². The predicted molar refractivity (Wildman–Crippen MR) is 81.8 cm³/mol. The first-order valence-corrected chi connectivity index (χ1v) is 6.75. The normalized spacial score (nSPS) is 10.2. The summed E-state index contributed by atoms with van der Waals surface area (Å²) < 4.78 is 5.45. The van der Waals surface area contributed by atoms with Gasteiger partial charge in [0.2, 0.25) is 0 Å². The van der Waals surface area contributed by atoms with Crippen LogP contribution in [0.15, 0.2) is 42.5 Å². The highest BCUT2D eigenvalue weighted by atomic mass is 35.5. The van der Waals surface area contributed by atoms with Gasteiger partial charge in [0.1, 0.15) is 5.75 Å². The van der Waals surface area contributed by atoms with Crippen LogP contribution in [0.4, 0.5) is 5.69 Å². The van der Waals surface area contributed by atoms with Crippen LogP contribution in [-0.2, 0) is 4.79 Å². The van der Waals surface area contributed by atoms with E-state index in [1.807, 2.05) is 31.2 Å². The van der Waals surface area contributed by atoms with E-state index >= 15 is 0 Å². The van der Waals surface area contributed by atoms with E-state index in [0.29, 0.717) is 21.5 Å². The van der Waals surface area contributed by atoms with Crippen LogP contribution in [0.3, 0.4) is 0 Å². The zero-order valence-electron chi connectivity index (χ0n) is 10.8. The molecule has 3 nitrogen and oxygen atoms in total. The molecular formula is C15H13Cl2NO2. The Hall–Kier alpha value is -1.71. The number of nitrogens with one attached hydrogen (secondary N) is 1. The summed E-state index contributed by atoms with van der Waals surface area (Å²) in [6.07, 6.45) is 0. The van der Waals surface area contributed by atoms with E-state index in [2.05, 4.69) is 5.32 Å². The first kappa shape index (κ1) is 14.7. The van der Waals surface area contributed by atoms with Gasteiger partial charge in [-0.25, -0.2) is 0 Å². The third-order valence-electron chi connectivity index (χ3n) is 2.66. The van der Waals surface area contributed by atoms with Crippen molar-refractivity contribution in [3.63, 3.8) is 0 Å². The van der Waals surface area contributed by atoms with E-state index in [1.165, 1.54) is 0 Å². The molecular weight excluding hydrogens is 297 g/mol. The van der Waals surface area contributed by atoms with E-state index in [1.54, 1.807) is 18.2 Å². The molecule has 0 aliphatic rings. The summed E-state index contributed by atoms with van der Waals surface area (Å²) in [6, 6.07) is 12.4. The molecule has 0 saturated heterocycles. The molecule has 2 aromatic carbocycles. The number of hydrogen-bond donors (Lipinski definition) is 1. The molecule has 2 rings (SSSR count). The molecule has 5 heteroatoms. The largest absolute Gasteiger partial charge is 0.483 e. The molecule has 0 fully saturated rings. The van der Waals surface area contributed by atoms with Gasteiger partial charge in [-0.3, -0.25) is 4.79 Å². The monoisotopic (exact) mass is 309 g/mol. The predicted octanol–water partition coefficient (Wildman–Crippen LogP) is 4.32. The molecule has 0 aliphatic carbocycles. The molecule has 0 atom stereocenters. The smallest absolute Gasteiger partial charge is 0.262 e. The maximum atomic E-state index is 11.8. The summed E-state index contributed by atoms with van der Waals surface area (Å²) in [5.41, 5.74) is 1.56. The molecule has 0 radical (unpaired) electrons. The van der Waals surface area contributed by atoms with Crippen molar-refractivity contribution in [1.82, 2.24) is 0 Å². The number of rotatable bonds is 4. The third kappa shape index (κ3) is 3.89. The first-order chi connectivity index (χ1) is 9.56. The van der Waals surface area contributed by atoms with E-state index in [-0.39, 0.29) is 12.5 Å². The minimum atomic E-state index is -0.258. The Morgan fingerprint density at radius 1 is 1.15 bits per heavy atom. The highest BCUT2D eigenvalue weighted by molar-refractivity contribution is 6.42. The number of hydrogen-bond acceptors (Lipinski definition) is 2. The Kier molecular flexibility index (Phi) is 4.88. The molecule has 0 aromatic heterocycles. The molecule has 104 valence electrons. The second-order valence-corrected chi connectivity index (χ2v) is 5.05. The number of amides is 1. The lowest BCUT2D eigenvalue weighted by atomic mass is 10.2. The summed E-state index contributed by atoms with van der Waals surface area (Å²) in [5, 5.41) is 3.53. The number of carbonyl (C=O) groups is 1. The van der Waals surface area contributed by atoms with Gasteiger partial charge in [-0.1, -0.05) is 41.4 Å². The van der Waals surface area contributed by atoms with Gasteiger partial charge in [-0.05, 0) is 36.8 Å². The van der Waals surface area contributed by atoms with Crippen LogP contribution >= 0.6 is 23.2 Å². The second kappa shape index (κ2) is 6.64. The first-order valence-electron chi connectivity index (χ1n) is 5.99. The average molecular weight is 310 g/mol. The standard InChI is InChI=1S/C15H13Cl2NO2/c1-10-4-2-3-5-14(10)20-9-15(19)18-11-6-7-12(16)13(17)8-11/h2-8H,9H2,1H3,(H,18,19). The second-order valence-electron chi connectivity index (χ2n) is 4.23. The van der Waals surface area contributed by atoms with Gasteiger partial charge < -0.3 is 10.1 Å². The van der Waals surface area contributed by atoms with Crippen LogP contribution in [0, 0.1) is 6.92 Å². The van der Waals surface area contributed by atoms with Crippen LogP contribution in [0.5, 0.6) is 5.75 Å². The van der Waals surface area contributed by atoms with Crippen molar-refractivity contribution in [2.24, 2.45) is 0 Å². The van der Waals surface area contributed by atoms with Crippen LogP contribution < -0.4 is 10.1 Å². The quantitative estimate of drug-likeness (QED) is 0.913. The van der Waals surface area contributed by atoms with Gasteiger partial charge in [0.05, 0.1) is 10.0 Å². The zero-order valence-corrected chi connectivity index (χ0v) is 12.3. The van der Waals surface area contributed by atoms with Crippen molar-refractivity contribution in [3.8, 4) is 5.75 Å². The fourth-order valence-corrected chi connectivity index (χ4v) is 1.93. The van der Waals surface area contributed by atoms with E-state index < -0.39 is 0 Å². The van der Waals surface area contributed by atoms with Gasteiger partial charge in [0.15, 0.2) is 6.61 Å². The van der Waals surface area contributed by atoms with E-state index in [4.69, 9.17) is 27.9 Å². The minimum Gasteiger partial charge on any atom is -0.483 e. The maximum absolute atomic E-state index is 11.8. The van der Waals surface area contributed by atoms with Crippen molar-refractivity contribution < 1.29 is 9.53 Å². The van der Waals surface area contributed by atoms with E-state index in [0.717, 1.165) is 5.56 Å². The summed E-state index contributed by atoms with van der Waals surface area (Å²) in [4.78, 5) is 11.8. The summed E-state index contributed by atoms with van der Waals surface area (Å²) in [5.74, 6) is 0.434. The molecule has 1 amide bonds. The Morgan fingerprint density at radius 3 is 2.60 bits per heavy atom. The molecule has 1 N–H and O–H groups in total. The number of benzene rings is 2. The topological polar surface area (TPSA) is 38.3 Å². The highest BCUT2D eigenvalue weighted by Crippen LogP contribution is 2.25. The average Bonchev–Trinajstić information content (AvgIpc) is 2.42. The zero-order chi connectivity index (χ0) is 14.5. The Bertz CT molecular complexity index is 629. The summed E-state index contributed by atoms with van der Waals surface area (Å²) in [7, 11) is 0. The molecule has 0 aliphatic heterocycles. The lowest BCUT2D eigenvalue weighted by Gasteiger charge is -2.09. The van der Waals surface area contributed by atoms with Crippen molar-refractivity contribution in [1.29, 1.82) is 0 Å². The van der Waals surface area contributed by atoms with Crippen molar-refractivity contribution in [3.05, 3.63) is 58.1 Å². The molecule has 0 spiro atoms. The van der Waals surface area contributed by atoms with Crippen molar-refractivity contribution >= 4 is 34.8 Å². The lowest BCUT2D eigenvalue weighted by molar-refractivity contribution is -0.118. The summed E-state index contributed by atoms with van der Waals surface area (Å²) in [6.45, 7) is 1.86. The van der Waals surface area contributed by atoms with Gasteiger partial charge in [-0.15, -0.1) is 0 Å². The highest BCUT2D eigenvalue weighted by Gasteiger charge is 2.06.